The van der Waals surface area contributed by atoms with Crippen LogP contribution in [0.1, 0.15) is 48.6 Å². The van der Waals surface area contributed by atoms with Gasteiger partial charge in [0.25, 0.3) is 0 Å². The van der Waals surface area contributed by atoms with E-state index in [2.05, 4.69) is 29.8 Å². The van der Waals surface area contributed by atoms with E-state index in [0.29, 0.717) is 6.54 Å². The summed E-state index contributed by atoms with van der Waals surface area (Å²) in [6.07, 6.45) is 6.54. The lowest BCUT2D eigenvalue weighted by Crippen LogP contribution is -1.97. The van der Waals surface area contributed by atoms with Crippen LogP contribution in [0.25, 0.3) is 0 Å². The molecule has 0 atom stereocenters. The van der Waals surface area contributed by atoms with E-state index in [-0.39, 0.29) is 0 Å². The van der Waals surface area contributed by atoms with Gasteiger partial charge in [0.1, 0.15) is 0 Å². The number of aryl methyl sites for hydroxylation is 1. The van der Waals surface area contributed by atoms with Crippen molar-refractivity contribution in [2.75, 3.05) is 0 Å². The monoisotopic (exact) mass is 289 g/mol. The first-order chi connectivity index (χ1) is 7.20. The summed E-state index contributed by atoms with van der Waals surface area (Å²) in [6, 6.07) is 0. The van der Waals surface area contributed by atoms with Crippen LogP contribution >= 0.6 is 27.3 Å². The third kappa shape index (κ3) is 3.58. The first kappa shape index (κ1) is 13.2. The van der Waals surface area contributed by atoms with Crippen LogP contribution in [0.15, 0.2) is 3.79 Å². The number of unbranched alkanes of at least 4 members (excludes halogenated alkanes) is 3. The van der Waals surface area contributed by atoms with Crippen molar-refractivity contribution in [1.82, 2.24) is 0 Å². The molecule has 86 valence electrons. The molecule has 0 spiro atoms. The van der Waals surface area contributed by atoms with Gasteiger partial charge in [0.15, 0.2) is 0 Å². The van der Waals surface area contributed by atoms with E-state index in [1.54, 1.807) is 0 Å². The molecule has 0 saturated heterocycles. The molecular weight excluding hydrogens is 270 g/mol. The SMILES string of the molecule is CCCCCCc1sc(Br)c(CN)c1C. The van der Waals surface area contributed by atoms with Crippen molar-refractivity contribution < 1.29 is 0 Å². The van der Waals surface area contributed by atoms with Crippen molar-refractivity contribution in [3.63, 3.8) is 0 Å². The Morgan fingerprint density at radius 1 is 1.27 bits per heavy atom. The standard InChI is InChI=1S/C12H20BrNS/c1-3-4-5-6-7-11-9(2)10(8-14)12(13)15-11/h3-8,14H2,1-2H3. The predicted octanol–water partition coefficient (Wildman–Crippen LogP) is 4.40. The molecule has 0 aliphatic heterocycles. The van der Waals surface area contributed by atoms with E-state index in [1.165, 1.54) is 51.9 Å². The molecule has 0 bridgehead atoms. The van der Waals surface area contributed by atoms with E-state index in [1.807, 2.05) is 11.3 Å². The fourth-order valence-corrected chi connectivity index (χ4v) is 3.89. The Bertz CT molecular complexity index is 307. The Balaban J connectivity index is 2.54. The maximum absolute atomic E-state index is 5.72. The molecule has 3 heteroatoms. The van der Waals surface area contributed by atoms with Gasteiger partial charge in [0.05, 0.1) is 3.79 Å². The van der Waals surface area contributed by atoms with Crippen molar-refractivity contribution in [3.05, 3.63) is 19.8 Å². The summed E-state index contributed by atoms with van der Waals surface area (Å²) in [7, 11) is 0. The fraction of sp³-hybridized carbons (Fsp3) is 0.667. The number of thiophene rings is 1. The second kappa shape index (κ2) is 6.66. The van der Waals surface area contributed by atoms with Crippen molar-refractivity contribution in [2.24, 2.45) is 5.73 Å². The molecule has 1 aromatic rings. The molecule has 1 heterocycles. The van der Waals surface area contributed by atoms with Gasteiger partial charge in [-0.15, -0.1) is 11.3 Å². The molecule has 0 radical (unpaired) electrons. The van der Waals surface area contributed by atoms with Gasteiger partial charge in [-0.2, -0.15) is 0 Å². The molecule has 2 N–H and O–H groups in total. The molecule has 0 unspecified atom stereocenters. The van der Waals surface area contributed by atoms with E-state index >= 15 is 0 Å². The highest BCUT2D eigenvalue weighted by Gasteiger charge is 2.11. The van der Waals surface area contributed by atoms with Gasteiger partial charge in [0.2, 0.25) is 0 Å². The van der Waals surface area contributed by atoms with Crippen LogP contribution in [0.4, 0.5) is 0 Å². The third-order valence-electron chi connectivity index (χ3n) is 2.78. The minimum Gasteiger partial charge on any atom is -0.326 e. The summed E-state index contributed by atoms with van der Waals surface area (Å²) < 4.78 is 1.23. The van der Waals surface area contributed by atoms with Crippen molar-refractivity contribution in [2.45, 2.75) is 52.5 Å². The summed E-state index contributed by atoms with van der Waals surface area (Å²) in [4.78, 5) is 1.51. The van der Waals surface area contributed by atoms with Crippen LogP contribution in [0.5, 0.6) is 0 Å². The zero-order valence-electron chi connectivity index (χ0n) is 9.61. The summed E-state index contributed by atoms with van der Waals surface area (Å²) in [5, 5.41) is 0. The van der Waals surface area contributed by atoms with Gasteiger partial charge in [-0.1, -0.05) is 26.2 Å². The molecule has 1 rings (SSSR count). The van der Waals surface area contributed by atoms with E-state index in [0.717, 1.165) is 0 Å². The first-order valence-corrected chi connectivity index (χ1v) is 7.28. The van der Waals surface area contributed by atoms with E-state index in [4.69, 9.17) is 5.73 Å². The lowest BCUT2D eigenvalue weighted by Gasteiger charge is -2.00. The summed E-state index contributed by atoms with van der Waals surface area (Å²) in [6.45, 7) is 5.09. The minimum absolute atomic E-state index is 0.651. The largest absolute Gasteiger partial charge is 0.326 e. The molecule has 1 aromatic heterocycles. The second-order valence-electron chi connectivity index (χ2n) is 3.92. The van der Waals surface area contributed by atoms with Crippen molar-refractivity contribution in [3.8, 4) is 0 Å². The van der Waals surface area contributed by atoms with Gasteiger partial charge in [-0.3, -0.25) is 0 Å². The molecule has 1 nitrogen and oxygen atoms in total. The number of rotatable bonds is 6. The summed E-state index contributed by atoms with van der Waals surface area (Å²) in [5.41, 5.74) is 8.42. The van der Waals surface area contributed by atoms with Crippen LogP contribution in [0.2, 0.25) is 0 Å². The Hall–Kier alpha value is 0.140. The average Bonchev–Trinajstić information content (AvgIpc) is 2.49. The fourth-order valence-electron chi connectivity index (χ4n) is 1.75. The molecule has 15 heavy (non-hydrogen) atoms. The predicted molar refractivity (Wildman–Crippen MR) is 72.5 cm³/mol. The average molecular weight is 290 g/mol. The van der Waals surface area contributed by atoms with Crippen LogP contribution in [-0.2, 0) is 13.0 Å². The maximum Gasteiger partial charge on any atom is 0.0748 e. The molecular formula is C12H20BrNS. The van der Waals surface area contributed by atoms with Crippen LogP contribution in [-0.4, -0.2) is 0 Å². The van der Waals surface area contributed by atoms with Gasteiger partial charge >= 0.3 is 0 Å². The number of nitrogens with two attached hydrogens (primary N) is 1. The first-order valence-electron chi connectivity index (χ1n) is 5.67. The lowest BCUT2D eigenvalue weighted by molar-refractivity contribution is 0.669. The van der Waals surface area contributed by atoms with Crippen LogP contribution in [0.3, 0.4) is 0 Å². The molecule has 0 aliphatic carbocycles. The number of hydrogen-bond acceptors (Lipinski definition) is 2. The van der Waals surface area contributed by atoms with Gasteiger partial charge in [-0.25, -0.2) is 0 Å². The summed E-state index contributed by atoms with van der Waals surface area (Å²) >= 11 is 5.45. The Labute approximate surface area is 105 Å². The Morgan fingerprint density at radius 3 is 2.53 bits per heavy atom. The van der Waals surface area contributed by atoms with Crippen molar-refractivity contribution in [1.29, 1.82) is 0 Å². The van der Waals surface area contributed by atoms with Crippen molar-refractivity contribution >= 4 is 27.3 Å². The molecule has 0 fully saturated rings. The van der Waals surface area contributed by atoms with Gasteiger partial charge < -0.3 is 5.73 Å². The number of halogens is 1. The molecule has 0 amide bonds. The highest BCUT2D eigenvalue weighted by atomic mass is 79.9. The topological polar surface area (TPSA) is 26.0 Å². The van der Waals surface area contributed by atoms with E-state index in [9.17, 15) is 0 Å². The smallest absolute Gasteiger partial charge is 0.0748 e. The quantitative estimate of drug-likeness (QED) is 0.772. The lowest BCUT2D eigenvalue weighted by atomic mass is 10.1. The zero-order chi connectivity index (χ0) is 11.3. The highest BCUT2D eigenvalue weighted by molar-refractivity contribution is 9.11. The van der Waals surface area contributed by atoms with Crippen LogP contribution in [0, 0.1) is 6.92 Å². The highest BCUT2D eigenvalue weighted by Crippen LogP contribution is 2.33. The number of hydrogen-bond donors (Lipinski definition) is 1. The van der Waals surface area contributed by atoms with E-state index < -0.39 is 0 Å². The Morgan fingerprint density at radius 2 is 2.00 bits per heavy atom. The minimum atomic E-state index is 0.651. The Kier molecular flexibility index (Phi) is 5.87. The molecule has 0 aliphatic rings. The molecule has 0 saturated carbocycles. The second-order valence-corrected chi connectivity index (χ2v) is 6.34. The maximum atomic E-state index is 5.72. The normalized spacial score (nSPS) is 10.9. The zero-order valence-corrected chi connectivity index (χ0v) is 12.0. The van der Waals surface area contributed by atoms with Gasteiger partial charge in [0, 0.05) is 11.4 Å². The van der Waals surface area contributed by atoms with Gasteiger partial charge in [-0.05, 0) is 46.8 Å². The third-order valence-corrected chi connectivity index (χ3v) is 4.93. The molecule has 0 aromatic carbocycles. The summed E-state index contributed by atoms with van der Waals surface area (Å²) in [5.74, 6) is 0. The van der Waals surface area contributed by atoms with Crippen LogP contribution < -0.4 is 5.73 Å².